The van der Waals surface area contributed by atoms with E-state index in [2.05, 4.69) is 10.6 Å². The molecule has 3 rings (SSSR count). The summed E-state index contributed by atoms with van der Waals surface area (Å²) in [6, 6.07) is 5.17. The van der Waals surface area contributed by atoms with Gasteiger partial charge in [0.1, 0.15) is 6.54 Å². The molecule has 1 saturated heterocycles. The number of fused-ring (bicyclic) bond motifs is 1. The van der Waals surface area contributed by atoms with E-state index in [1.54, 1.807) is 18.2 Å². The quantitative estimate of drug-likeness (QED) is 0.542. The van der Waals surface area contributed by atoms with Crippen molar-refractivity contribution in [1.82, 2.24) is 10.2 Å². The molecule has 1 aromatic carbocycles. The molecule has 0 aliphatic carbocycles. The highest BCUT2D eigenvalue weighted by atomic mass is 19.4. The maximum absolute atomic E-state index is 12.2. The van der Waals surface area contributed by atoms with Crippen LogP contribution in [-0.4, -0.2) is 64.7 Å². The van der Waals surface area contributed by atoms with Crippen LogP contribution in [0.4, 0.5) is 18.9 Å². The van der Waals surface area contributed by atoms with Gasteiger partial charge in [-0.25, -0.2) is 4.79 Å². The van der Waals surface area contributed by atoms with Gasteiger partial charge in [0.25, 0.3) is 5.91 Å². The van der Waals surface area contributed by atoms with E-state index in [1.165, 1.54) is 4.90 Å². The molecule has 4 N–H and O–H groups in total. The van der Waals surface area contributed by atoms with Crippen molar-refractivity contribution in [2.24, 2.45) is 5.92 Å². The van der Waals surface area contributed by atoms with Crippen LogP contribution in [-0.2, 0) is 20.9 Å². The van der Waals surface area contributed by atoms with Gasteiger partial charge in [0, 0.05) is 24.2 Å². The van der Waals surface area contributed by atoms with Gasteiger partial charge in [0.15, 0.2) is 0 Å². The van der Waals surface area contributed by atoms with E-state index in [0.29, 0.717) is 30.1 Å². The number of aliphatic carboxylic acids is 2. The van der Waals surface area contributed by atoms with Crippen LogP contribution in [0.15, 0.2) is 18.2 Å². The predicted octanol–water partition coefficient (Wildman–Crippen LogP) is 1.69. The first kappa shape index (κ1) is 24.1. The van der Waals surface area contributed by atoms with Crippen molar-refractivity contribution in [3.8, 4) is 0 Å². The van der Waals surface area contributed by atoms with Gasteiger partial charge in [-0.15, -0.1) is 0 Å². The van der Waals surface area contributed by atoms with Gasteiger partial charge in [0.2, 0.25) is 5.91 Å². The second-order valence-electron chi connectivity index (χ2n) is 7.18. The lowest BCUT2D eigenvalue weighted by atomic mass is 9.94. The summed E-state index contributed by atoms with van der Waals surface area (Å²) in [5, 5.41) is 22.1. The summed E-state index contributed by atoms with van der Waals surface area (Å²) in [7, 11) is 0. The van der Waals surface area contributed by atoms with Crippen molar-refractivity contribution in [1.29, 1.82) is 0 Å². The molecule has 9 nitrogen and oxygen atoms in total. The van der Waals surface area contributed by atoms with E-state index in [4.69, 9.17) is 15.0 Å². The van der Waals surface area contributed by atoms with Gasteiger partial charge in [-0.3, -0.25) is 14.4 Å². The number of alkyl halides is 3. The average Bonchev–Trinajstić information content (AvgIpc) is 2.97. The van der Waals surface area contributed by atoms with Gasteiger partial charge in [0.05, 0.1) is 0 Å². The van der Waals surface area contributed by atoms with E-state index in [9.17, 15) is 27.6 Å². The van der Waals surface area contributed by atoms with Gasteiger partial charge in [-0.05, 0) is 49.5 Å². The largest absolute Gasteiger partial charge is 0.490 e. The molecule has 0 radical (unpaired) electrons. The predicted molar refractivity (Wildman–Crippen MR) is 101 cm³/mol. The number of carbonyl (C=O) groups is 4. The van der Waals surface area contributed by atoms with Crippen LogP contribution in [0.3, 0.4) is 0 Å². The number of nitrogens with one attached hydrogen (secondary N) is 2. The molecular weight excluding hydrogens is 423 g/mol. The lowest BCUT2D eigenvalue weighted by molar-refractivity contribution is -0.192. The molecule has 0 spiro atoms. The van der Waals surface area contributed by atoms with E-state index in [-0.39, 0.29) is 18.4 Å². The zero-order chi connectivity index (χ0) is 23.2. The van der Waals surface area contributed by atoms with Gasteiger partial charge in [-0.1, -0.05) is 6.07 Å². The van der Waals surface area contributed by atoms with Crippen LogP contribution in [0.5, 0.6) is 0 Å². The topological polar surface area (TPSA) is 136 Å². The fourth-order valence-electron chi connectivity index (χ4n) is 3.29. The number of piperidine rings is 1. The SMILES string of the molecule is O=C(O)C(F)(F)F.O=C(O)CN1Cc2ccc(NC(=O)CC3CCNCC3)cc2C1=O. The highest BCUT2D eigenvalue weighted by Crippen LogP contribution is 2.26. The summed E-state index contributed by atoms with van der Waals surface area (Å²) < 4.78 is 31.7. The Morgan fingerprint density at radius 2 is 1.77 bits per heavy atom. The highest BCUT2D eigenvalue weighted by Gasteiger charge is 2.38. The molecule has 2 heterocycles. The Balaban J connectivity index is 0.000000423. The Kier molecular flexibility index (Phi) is 7.97. The summed E-state index contributed by atoms with van der Waals surface area (Å²) in [4.78, 5) is 45.4. The van der Waals surface area contributed by atoms with Crippen LogP contribution in [0, 0.1) is 5.92 Å². The number of hydrogen-bond acceptors (Lipinski definition) is 5. The number of amides is 2. The number of carbonyl (C=O) groups excluding carboxylic acids is 2. The van der Waals surface area contributed by atoms with E-state index in [1.807, 2.05) is 0 Å². The minimum absolute atomic E-state index is 0.0466. The van der Waals surface area contributed by atoms with Crippen LogP contribution >= 0.6 is 0 Å². The van der Waals surface area contributed by atoms with Crippen molar-refractivity contribution in [2.45, 2.75) is 32.0 Å². The third-order valence-corrected chi connectivity index (χ3v) is 4.77. The third kappa shape index (κ3) is 7.24. The molecule has 2 amide bonds. The second kappa shape index (κ2) is 10.2. The summed E-state index contributed by atoms with van der Waals surface area (Å²) in [6.45, 7) is 1.88. The minimum Gasteiger partial charge on any atom is -0.480 e. The number of carboxylic acids is 2. The van der Waals surface area contributed by atoms with Crippen molar-refractivity contribution in [3.63, 3.8) is 0 Å². The number of nitrogens with zero attached hydrogens (tertiary/aromatic N) is 1. The van der Waals surface area contributed by atoms with Crippen LogP contribution in [0.2, 0.25) is 0 Å². The lowest BCUT2D eigenvalue weighted by Gasteiger charge is -2.21. The van der Waals surface area contributed by atoms with Crippen LogP contribution < -0.4 is 10.6 Å². The Labute approximate surface area is 175 Å². The monoisotopic (exact) mass is 445 g/mol. The average molecular weight is 445 g/mol. The van der Waals surface area contributed by atoms with Crippen LogP contribution in [0.1, 0.15) is 35.2 Å². The number of halogens is 3. The van der Waals surface area contributed by atoms with E-state index < -0.39 is 18.1 Å². The molecule has 0 atom stereocenters. The van der Waals surface area contributed by atoms with Crippen molar-refractivity contribution in [3.05, 3.63) is 29.3 Å². The van der Waals surface area contributed by atoms with E-state index in [0.717, 1.165) is 31.5 Å². The van der Waals surface area contributed by atoms with Gasteiger partial charge in [-0.2, -0.15) is 13.2 Å². The first-order valence-corrected chi connectivity index (χ1v) is 9.42. The zero-order valence-corrected chi connectivity index (χ0v) is 16.4. The normalized spacial score (nSPS) is 16.2. The number of carboxylic acid groups (broad SMARTS) is 2. The molecule has 0 bridgehead atoms. The number of benzene rings is 1. The van der Waals surface area contributed by atoms with Gasteiger partial charge >= 0.3 is 18.1 Å². The lowest BCUT2D eigenvalue weighted by Crippen LogP contribution is -2.30. The van der Waals surface area contributed by atoms with Crippen molar-refractivity contribution < 1.29 is 42.6 Å². The molecule has 12 heteroatoms. The summed E-state index contributed by atoms with van der Waals surface area (Å²) >= 11 is 0. The fraction of sp³-hybridized carbons (Fsp3) is 0.474. The Morgan fingerprint density at radius 1 is 1.16 bits per heavy atom. The molecule has 2 aliphatic rings. The number of rotatable bonds is 5. The Hall–Kier alpha value is -3.15. The minimum atomic E-state index is -5.08. The Bertz CT molecular complexity index is 853. The first-order chi connectivity index (χ1) is 14.5. The van der Waals surface area contributed by atoms with Crippen LogP contribution in [0.25, 0.3) is 0 Å². The van der Waals surface area contributed by atoms with Crippen molar-refractivity contribution >= 4 is 29.4 Å². The third-order valence-electron chi connectivity index (χ3n) is 4.77. The molecule has 2 aliphatic heterocycles. The highest BCUT2D eigenvalue weighted by molar-refractivity contribution is 6.01. The summed E-state index contributed by atoms with van der Waals surface area (Å²) in [5.41, 5.74) is 1.84. The second-order valence-corrected chi connectivity index (χ2v) is 7.18. The molecule has 31 heavy (non-hydrogen) atoms. The maximum Gasteiger partial charge on any atom is 0.490 e. The molecule has 0 aromatic heterocycles. The molecular formula is C19H22F3N3O6. The smallest absolute Gasteiger partial charge is 0.480 e. The fourth-order valence-corrected chi connectivity index (χ4v) is 3.29. The first-order valence-electron chi connectivity index (χ1n) is 9.42. The maximum atomic E-state index is 12.2. The molecule has 0 unspecified atom stereocenters. The number of hydrogen-bond donors (Lipinski definition) is 4. The zero-order valence-electron chi connectivity index (χ0n) is 16.4. The van der Waals surface area contributed by atoms with Crippen molar-refractivity contribution in [2.75, 3.05) is 25.0 Å². The Morgan fingerprint density at radius 3 is 2.32 bits per heavy atom. The standard InChI is InChI=1S/C17H21N3O4.C2HF3O2/c21-15(7-11-3-5-18-6-4-11)19-13-2-1-12-9-20(10-16(22)23)17(24)14(12)8-13;3-2(4,5)1(6)7/h1-2,8,11,18H,3-7,9-10H2,(H,19,21)(H,22,23);(H,6,7). The molecule has 1 aromatic rings. The molecule has 0 saturated carbocycles. The van der Waals surface area contributed by atoms with Gasteiger partial charge < -0.3 is 25.7 Å². The van der Waals surface area contributed by atoms with E-state index >= 15 is 0 Å². The molecule has 1 fully saturated rings. The number of anilines is 1. The summed E-state index contributed by atoms with van der Waals surface area (Å²) in [5.74, 6) is -3.75. The summed E-state index contributed by atoms with van der Waals surface area (Å²) in [6.07, 6.45) is -2.60. The molecule has 170 valence electrons.